The summed E-state index contributed by atoms with van der Waals surface area (Å²) in [5, 5.41) is 3.24. The van der Waals surface area contributed by atoms with Gasteiger partial charge in [0.05, 0.1) is 17.6 Å². The number of nitrogens with one attached hydrogen (secondary N) is 1. The van der Waals surface area contributed by atoms with Gasteiger partial charge in [-0.25, -0.2) is 4.39 Å². The topological polar surface area (TPSA) is 50.9 Å². The van der Waals surface area contributed by atoms with Gasteiger partial charge in [-0.2, -0.15) is 0 Å². The highest BCUT2D eigenvalue weighted by Gasteiger charge is 2.08. The Balaban J connectivity index is 2.16. The molecule has 0 fully saturated rings. The predicted octanol–water partition coefficient (Wildman–Crippen LogP) is 3.28. The maximum Gasteiger partial charge on any atom is 0.126 e. The summed E-state index contributed by atoms with van der Waals surface area (Å²) in [6.45, 7) is 3.71. The average molecular weight is 245 g/mol. The van der Waals surface area contributed by atoms with Crippen LogP contribution in [-0.4, -0.2) is 4.98 Å². The van der Waals surface area contributed by atoms with E-state index in [2.05, 4.69) is 10.3 Å². The van der Waals surface area contributed by atoms with Crippen LogP contribution in [0.1, 0.15) is 24.1 Å². The van der Waals surface area contributed by atoms with Crippen LogP contribution in [0.5, 0.6) is 0 Å². The summed E-state index contributed by atoms with van der Waals surface area (Å²) < 4.78 is 13.5. The maximum atomic E-state index is 13.5. The standard InChI is InChI=1S/C14H16FN3/c1-9-3-4-11(5-14(9)15)10(2)18-13-6-12(16)7-17-8-13/h3-8,10,18H,16H2,1-2H3. The molecule has 4 heteroatoms. The van der Waals surface area contributed by atoms with E-state index in [1.165, 1.54) is 0 Å². The van der Waals surface area contributed by atoms with Crippen LogP contribution in [0.3, 0.4) is 0 Å². The molecule has 0 aliphatic rings. The smallest absolute Gasteiger partial charge is 0.126 e. The molecule has 0 aliphatic heterocycles. The van der Waals surface area contributed by atoms with Crippen LogP contribution in [0, 0.1) is 12.7 Å². The summed E-state index contributed by atoms with van der Waals surface area (Å²) in [6.07, 6.45) is 3.28. The minimum atomic E-state index is -0.188. The normalized spacial score (nSPS) is 12.2. The third-order valence-corrected chi connectivity index (χ3v) is 2.84. The van der Waals surface area contributed by atoms with Gasteiger partial charge < -0.3 is 11.1 Å². The Hall–Kier alpha value is -2.10. The second-order valence-corrected chi connectivity index (χ2v) is 4.38. The zero-order chi connectivity index (χ0) is 13.1. The van der Waals surface area contributed by atoms with Crippen molar-refractivity contribution < 1.29 is 4.39 Å². The molecule has 1 aromatic heterocycles. The summed E-state index contributed by atoms with van der Waals surface area (Å²) in [6, 6.07) is 7.03. The van der Waals surface area contributed by atoms with Gasteiger partial charge in [-0.3, -0.25) is 4.98 Å². The highest BCUT2D eigenvalue weighted by molar-refractivity contribution is 5.52. The first-order valence-corrected chi connectivity index (χ1v) is 5.79. The van der Waals surface area contributed by atoms with Gasteiger partial charge >= 0.3 is 0 Å². The fourth-order valence-electron chi connectivity index (χ4n) is 1.75. The summed E-state index contributed by atoms with van der Waals surface area (Å²) in [7, 11) is 0. The van der Waals surface area contributed by atoms with E-state index in [-0.39, 0.29) is 11.9 Å². The first-order chi connectivity index (χ1) is 8.56. The Morgan fingerprint density at radius 3 is 2.72 bits per heavy atom. The number of hydrogen-bond acceptors (Lipinski definition) is 3. The van der Waals surface area contributed by atoms with Crippen molar-refractivity contribution in [3.63, 3.8) is 0 Å². The number of benzene rings is 1. The SMILES string of the molecule is Cc1ccc(C(C)Nc2cncc(N)c2)cc1F. The van der Waals surface area contributed by atoms with Crippen molar-refractivity contribution in [1.82, 2.24) is 4.98 Å². The van der Waals surface area contributed by atoms with Crippen molar-refractivity contribution in [2.75, 3.05) is 11.1 Å². The number of aryl methyl sites for hydroxylation is 1. The van der Waals surface area contributed by atoms with E-state index in [4.69, 9.17) is 5.73 Å². The minimum absolute atomic E-state index is 0.0105. The molecule has 0 radical (unpaired) electrons. The molecular weight excluding hydrogens is 229 g/mol. The molecule has 1 heterocycles. The van der Waals surface area contributed by atoms with E-state index in [1.807, 2.05) is 13.0 Å². The Bertz CT molecular complexity index is 554. The zero-order valence-corrected chi connectivity index (χ0v) is 10.4. The van der Waals surface area contributed by atoms with Crippen LogP contribution in [0.25, 0.3) is 0 Å². The van der Waals surface area contributed by atoms with Gasteiger partial charge in [0.25, 0.3) is 0 Å². The molecule has 1 atom stereocenters. The molecular formula is C14H16FN3. The molecule has 0 saturated heterocycles. The summed E-state index contributed by atoms with van der Waals surface area (Å²) in [4.78, 5) is 4.00. The molecule has 0 spiro atoms. The van der Waals surface area contributed by atoms with Gasteiger partial charge in [-0.1, -0.05) is 12.1 Å². The molecule has 0 amide bonds. The van der Waals surface area contributed by atoms with Gasteiger partial charge in [0.15, 0.2) is 0 Å². The predicted molar refractivity (Wildman–Crippen MR) is 71.8 cm³/mol. The molecule has 18 heavy (non-hydrogen) atoms. The number of rotatable bonds is 3. The number of pyridine rings is 1. The van der Waals surface area contributed by atoms with Crippen molar-refractivity contribution in [2.45, 2.75) is 19.9 Å². The monoisotopic (exact) mass is 245 g/mol. The number of nitrogen functional groups attached to an aromatic ring is 1. The third-order valence-electron chi connectivity index (χ3n) is 2.84. The fourth-order valence-corrected chi connectivity index (χ4v) is 1.75. The molecule has 0 bridgehead atoms. The lowest BCUT2D eigenvalue weighted by Gasteiger charge is -2.16. The Morgan fingerprint density at radius 1 is 1.28 bits per heavy atom. The number of nitrogens with zero attached hydrogens (tertiary/aromatic N) is 1. The number of nitrogens with two attached hydrogens (primary N) is 1. The number of aromatic nitrogens is 1. The van der Waals surface area contributed by atoms with Gasteiger partial charge in [-0.05, 0) is 37.1 Å². The Labute approximate surface area is 106 Å². The van der Waals surface area contributed by atoms with E-state index in [1.54, 1.807) is 37.5 Å². The summed E-state index contributed by atoms with van der Waals surface area (Å²) >= 11 is 0. The lowest BCUT2D eigenvalue weighted by Crippen LogP contribution is -2.07. The largest absolute Gasteiger partial charge is 0.397 e. The van der Waals surface area contributed by atoms with E-state index in [0.29, 0.717) is 11.3 Å². The molecule has 3 nitrogen and oxygen atoms in total. The zero-order valence-electron chi connectivity index (χ0n) is 10.4. The van der Waals surface area contributed by atoms with E-state index >= 15 is 0 Å². The molecule has 2 rings (SSSR count). The maximum absolute atomic E-state index is 13.5. The van der Waals surface area contributed by atoms with Crippen molar-refractivity contribution in [1.29, 1.82) is 0 Å². The van der Waals surface area contributed by atoms with Crippen LogP contribution >= 0.6 is 0 Å². The van der Waals surface area contributed by atoms with Crippen LogP contribution in [-0.2, 0) is 0 Å². The van der Waals surface area contributed by atoms with Crippen molar-refractivity contribution in [3.8, 4) is 0 Å². The lowest BCUT2D eigenvalue weighted by atomic mass is 10.1. The van der Waals surface area contributed by atoms with Crippen LogP contribution in [0.2, 0.25) is 0 Å². The number of halogens is 1. The van der Waals surface area contributed by atoms with Crippen molar-refractivity contribution in [2.24, 2.45) is 0 Å². The van der Waals surface area contributed by atoms with Crippen molar-refractivity contribution in [3.05, 3.63) is 53.6 Å². The third kappa shape index (κ3) is 2.77. The lowest BCUT2D eigenvalue weighted by molar-refractivity contribution is 0.614. The molecule has 0 aliphatic carbocycles. The van der Waals surface area contributed by atoms with Crippen LogP contribution in [0.15, 0.2) is 36.7 Å². The molecule has 94 valence electrons. The quantitative estimate of drug-likeness (QED) is 0.872. The van der Waals surface area contributed by atoms with E-state index in [0.717, 1.165) is 11.3 Å². The highest BCUT2D eigenvalue weighted by Crippen LogP contribution is 2.21. The number of hydrogen-bond donors (Lipinski definition) is 2. The molecule has 1 unspecified atom stereocenters. The second-order valence-electron chi connectivity index (χ2n) is 4.38. The summed E-state index contributed by atoms with van der Waals surface area (Å²) in [5.41, 5.74) is 8.62. The first-order valence-electron chi connectivity index (χ1n) is 5.79. The molecule has 2 aromatic rings. The van der Waals surface area contributed by atoms with Gasteiger partial charge in [0, 0.05) is 12.2 Å². The number of anilines is 2. The first kappa shape index (κ1) is 12.4. The van der Waals surface area contributed by atoms with E-state index in [9.17, 15) is 4.39 Å². The van der Waals surface area contributed by atoms with Gasteiger partial charge in [0.1, 0.15) is 5.82 Å². The Kier molecular flexibility index (Phi) is 3.46. The Morgan fingerprint density at radius 2 is 2.06 bits per heavy atom. The average Bonchev–Trinajstić information content (AvgIpc) is 2.32. The minimum Gasteiger partial charge on any atom is -0.397 e. The van der Waals surface area contributed by atoms with Gasteiger partial charge in [0.2, 0.25) is 0 Å². The molecule has 3 N–H and O–H groups in total. The van der Waals surface area contributed by atoms with E-state index < -0.39 is 0 Å². The second kappa shape index (κ2) is 5.04. The van der Waals surface area contributed by atoms with Gasteiger partial charge in [-0.15, -0.1) is 0 Å². The fraction of sp³-hybridized carbons (Fsp3) is 0.214. The molecule has 0 saturated carbocycles. The highest BCUT2D eigenvalue weighted by atomic mass is 19.1. The van der Waals surface area contributed by atoms with Crippen LogP contribution in [0.4, 0.5) is 15.8 Å². The van der Waals surface area contributed by atoms with Crippen LogP contribution < -0.4 is 11.1 Å². The van der Waals surface area contributed by atoms with Crippen molar-refractivity contribution >= 4 is 11.4 Å². The molecule has 1 aromatic carbocycles. The summed E-state index contributed by atoms with van der Waals surface area (Å²) in [5.74, 6) is -0.188.